The molecule has 1 aromatic heterocycles. The minimum Gasteiger partial charge on any atom is -0.357 e. The minimum absolute atomic E-state index is 0.00207. The fourth-order valence-electron chi connectivity index (χ4n) is 2.30. The van der Waals surface area contributed by atoms with E-state index < -0.39 is 0 Å². The number of likely N-dealkylation sites (N-methyl/N-ethyl adjacent to an activating group) is 1. The van der Waals surface area contributed by atoms with Crippen LogP contribution in [-0.4, -0.2) is 49.0 Å². The first-order valence-electron chi connectivity index (χ1n) is 8.54. The minimum atomic E-state index is -0.220. The number of amides is 1. The van der Waals surface area contributed by atoms with Gasteiger partial charge < -0.3 is 15.5 Å². The first kappa shape index (κ1) is 20.5. The van der Waals surface area contributed by atoms with Crippen LogP contribution in [-0.2, 0) is 11.2 Å². The third-order valence-corrected chi connectivity index (χ3v) is 4.17. The quantitative estimate of drug-likeness (QED) is 0.586. The van der Waals surface area contributed by atoms with Crippen molar-refractivity contribution in [2.45, 2.75) is 46.6 Å². The van der Waals surface area contributed by atoms with Crippen molar-refractivity contribution < 1.29 is 4.79 Å². The third-order valence-electron chi connectivity index (χ3n) is 3.27. The third kappa shape index (κ3) is 8.34. The van der Waals surface area contributed by atoms with Crippen LogP contribution in [0.4, 0.5) is 0 Å². The predicted molar refractivity (Wildman–Crippen MR) is 104 cm³/mol. The van der Waals surface area contributed by atoms with Gasteiger partial charge in [0.2, 0.25) is 5.91 Å². The molecule has 0 radical (unpaired) electrons. The molecular formula is C18H32N4OS. The molecule has 6 heteroatoms. The zero-order chi connectivity index (χ0) is 18.2. The summed E-state index contributed by atoms with van der Waals surface area (Å²) in [5.74, 6) is 1.25. The average Bonchev–Trinajstić information content (AvgIpc) is 2.93. The molecular weight excluding hydrogens is 320 g/mol. The SMILES string of the molecule is CCNC(=NCC(C)Cc1cccs1)N(C)CC(=O)NC(C)(C)C. The summed E-state index contributed by atoms with van der Waals surface area (Å²) in [6.07, 6.45) is 1.04. The van der Waals surface area contributed by atoms with Gasteiger partial charge in [0.05, 0.1) is 6.54 Å². The fourth-order valence-corrected chi connectivity index (χ4v) is 3.17. The second-order valence-electron chi connectivity index (χ2n) is 7.24. The van der Waals surface area contributed by atoms with Crippen molar-refractivity contribution in [3.63, 3.8) is 0 Å². The lowest BCUT2D eigenvalue weighted by atomic mass is 10.1. The lowest BCUT2D eigenvalue weighted by molar-refractivity contribution is -0.122. The highest BCUT2D eigenvalue weighted by Crippen LogP contribution is 2.14. The van der Waals surface area contributed by atoms with E-state index in [0.29, 0.717) is 12.5 Å². The van der Waals surface area contributed by atoms with Gasteiger partial charge in [-0.3, -0.25) is 9.79 Å². The highest BCUT2D eigenvalue weighted by atomic mass is 32.1. The Kier molecular flexibility index (Phi) is 8.25. The number of thiophene rings is 1. The second-order valence-corrected chi connectivity index (χ2v) is 8.27. The van der Waals surface area contributed by atoms with E-state index in [1.54, 1.807) is 11.3 Å². The van der Waals surface area contributed by atoms with Crippen molar-refractivity contribution in [3.8, 4) is 0 Å². The van der Waals surface area contributed by atoms with E-state index >= 15 is 0 Å². The molecule has 1 amide bonds. The number of nitrogens with one attached hydrogen (secondary N) is 2. The molecule has 0 aliphatic heterocycles. The predicted octanol–water partition coefficient (Wildman–Crippen LogP) is 2.74. The topological polar surface area (TPSA) is 56.7 Å². The molecule has 1 rings (SSSR count). The van der Waals surface area contributed by atoms with E-state index in [4.69, 9.17) is 4.99 Å². The maximum Gasteiger partial charge on any atom is 0.240 e. The van der Waals surface area contributed by atoms with Crippen LogP contribution in [0.2, 0.25) is 0 Å². The number of guanidine groups is 1. The maximum absolute atomic E-state index is 12.1. The summed E-state index contributed by atoms with van der Waals surface area (Å²) in [5, 5.41) is 8.35. The highest BCUT2D eigenvalue weighted by Gasteiger charge is 2.17. The Hall–Kier alpha value is -1.56. The largest absolute Gasteiger partial charge is 0.357 e. The van der Waals surface area contributed by atoms with Crippen LogP contribution in [0, 0.1) is 5.92 Å². The molecule has 136 valence electrons. The van der Waals surface area contributed by atoms with Crippen LogP contribution in [0.5, 0.6) is 0 Å². The molecule has 0 saturated heterocycles. The van der Waals surface area contributed by atoms with Crippen molar-refractivity contribution in [2.75, 3.05) is 26.7 Å². The monoisotopic (exact) mass is 352 g/mol. The summed E-state index contributed by atoms with van der Waals surface area (Å²) in [5.41, 5.74) is -0.220. The molecule has 0 saturated carbocycles. The van der Waals surface area contributed by atoms with Crippen molar-refractivity contribution in [2.24, 2.45) is 10.9 Å². The average molecular weight is 353 g/mol. The lowest BCUT2D eigenvalue weighted by Gasteiger charge is -2.25. The molecule has 1 atom stereocenters. The number of rotatable bonds is 7. The smallest absolute Gasteiger partial charge is 0.240 e. The summed E-state index contributed by atoms with van der Waals surface area (Å²) in [4.78, 5) is 20.1. The fraction of sp³-hybridized carbons (Fsp3) is 0.667. The molecule has 0 aromatic carbocycles. The first-order chi connectivity index (χ1) is 11.2. The molecule has 1 unspecified atom stereocenters. The zero-order valence-electron chi connectivity index (χ0n) is 15.8. The van der Waals surface area contributed by atoms with Crippen LogP contribution in [0.25, 0.3) is 0 Å². The van der Waals surface area contributed by atoms with E-state index in [-0.39, 0.29) is 11.4 Å². The second kappa shape index (κ2) is 9.67. The van der Waals surface area contributed by atoms with Gasteiger partial charge in [-0.1, -0.05) is 13.0 Å². The Labute approximate surface area is 150 Å². The summed E-state index contributed by atoms with van der Waals surface area (Å²) >= 11 is 1.79. The molecule has 0 aliphatic rings. The van der Waals surface area contributed by atoms with Gasteiger partial charge in [-0.15, -0.1) is 11.3 Å². The van der Waals surface area contributed by atoms with E-state index in [1.807, 2.05) is 39.6 Å². The van der Waals surface area contributed by atoms with Gasteiger partial charge in [0.1, 0.15) is 0 Å². The van der Waals surface area contributed by atoms with Crippen LogP contribution in [0.3, 0.4) is 0 Å². The van der Waals surface area contributed by atoms with Gasteiger partial charge in [-0.2, -0.15) is 0 Å². The van der Waals surface area contributed by atoms with Gasteiger partial charge in [0.15, 0.2) is 5.96 Å². The zero-order valence-corrected chi connectivity index (χ0v) is 16.7. The highest BCUT2D eigenvalue weighted by molar-refractivity contribution is 7.09. The maximum atomic E-state index is 12.1. The molecule has 1 aromatic rings. The molecule has 1 heterocycles. The number of aliphatic imine (C=N–C) groups is 1. The Morgan fingerprint density at radius 3 is 2.67 bits per heavy atom. The molecule has 0 spiro atoms. The van der Waals surface area contributed by atoms with E-state index in [2.05, 4.69) is 35.1 Å². The van der Waals surface area contributed by atoms with E-state index in [0.717, 1.165) is 25.5 Å². The number of carbonyl (C=O) groups is 1. The Bertz CT molecular complexity index is 520. The van der Waals surface area contributed by atoms with Gasteiger partial charge in [0.25, 0.3) is 0 Å². The summed E-state index contributed by atoms with van der Waals surface area (Å²) in [7, 11) is 1.90. The molecule has 2 N–H and O–H groups in total. The number of nitrogens with zero attached hydrogens (tertiary/aromatic N) is 2. The van der Waals surface area contributed by atoms with E-state index in [9.17, 15) is 4.79 Å². The molecule has 0 bridgehead atoms. The van der Waals surface area contributed by atoms with Gasteiger partial charge >= 0.3 is 0 Å². The van der Waals surface area contributed by atoms with Crippen LogP contribution >= 0.6 is 11.3 Å². The summed E-state index contributed by atoms with van der Waals surface area (Å²) < 4.78 is 0. The van der Waals surface area contributed by atoms with Gasteiger partial charge in [0, 0.05) is 30.6 Å². The molecule has 24 heavy (non-hydrogen) atoms. The normalized spacial score (nSPS) is 13.5. The number of hydrogen-bond donors (Lipinski definition) is 2. The number of carbonyl (C=O) groups excluding carboxylic acids is 1. The summed E-state index contributed by atoms with van der Waals surface area (Å²) in [6, 6.07) is 4.25. The van der Waals surface area contributed by atoms with Crippen molar-refractivity contribution in [3.05, 3.63) is 22.4 Å². The number of hydrogen-bond acceptors (Lipinski definition) is 3. The van der Waals surface area contributed by atoms with E-state index in [1.165, 1.54) is 4.88 Å². The van der Waals surface area contributed by atoms with Crippen molar-refractivity contribution in [1.29, 1.82) is 0 Å². The Morgan fingerprint density at radius 1 is 1.42 bits per heavy atom. The standard InChI is InChI=1S/C18H32N4OS/c1-7-19-17(22(6)13-16(23)21-18(3,4)5)20-12-14(2)11-15-9-8-10-24-15/h8-10,14H,7,11-13H2,1-6H3,(H,19,20)(H,21,23). The summed E-state index contributed by atoms with van der Waals surface area (Å²) in [6.45, 7) is 12.0. The Morgan fingerprint density at radius 2 is 2.12 bits per heavy atom. The lowest BCUT2D eigenvalue weighted by Crippen LogP contribution is -2.48. The van der Waals surface area contributed by atoms with Crippen LogP contribution in [0.1, 0.15) is 39.5 Å². The van der Waals surface area contributed by atoms with Crippen LogP contribution < -0.4 is 10.6 Å². The molecule has 0 fully saturated rings. The molecule has 0 aliphatic carbocycles. The van der Waals surface area contributed by atoms with Crippen molar-refractivity contribution in [1.82, 2.24) is 15.5 Å². The molecule has 5 nitrogen and oxygen atoms in total. The van der Waals surface area contributed by atoms with Crippen molar-refractivity contribution >= 4 is 23.2 Å². The first-order valence-corrected chi connectivity index (χ1v) is 9.42. The van der Waals surface area contributed by atoms with Crippen LogP contribution in [0.15, 0.2) is 22.5 Å². The Balaban J connectivity index is 2.58. The van der Waals surface area contributed by atoms with Gasteiger partial charge in [-0.25, -0.2) is 0 Å². The van der Waals surface area contributed by atoms with Gasteiger partial charge in [-0.05, 0) is 51.5 Å².